The number of carbonyl (C=O) groups is 1. The van der Waals surface area contributed by atoms with Crippen molar-refractivity contribution in [2.24, 2.45) is 0 Å². The van der Waals surface area contributed by atoms with Gasteiger partial charge in [-0.1, -0.05) is 22.9 Å². The Bertz CT molecular complexity index is 938. The third-order valence-electron chi connectivity index (χ3n) is 4.26. The molecule has 0 aliphatic heterocycles. The fourth-order valence-electron chi connectivity index (χ4n) is 3.04. The molecule has 0 amide bonds. The number of benzene rings is 2. The first-order chi connectivity index (χ1) is 13.5. The number of ether oxygens (including phenoxy) is 2. The van der Waals surface area contributed by atoms with E-state index in [0.717, 1.165) is 28.0 Å². The molecule has 0 saturated heterocycles. The van der Waals surface area contributed by atoms with Crippen molar-refractivity contribution in [3.05, 3.63) is 59.0 Å². The maximum atomic E-state index is 12.2. The minimum absolute atomic E-state index is 0.164. The Morgan fingerprint density at radius 1 is 1.07 bits per heavy atom. The Morgan fingerprint density at radius 2 is 1.75 bits per heavy atom. The number of aryl methyl sites for hydroxylation is 4. The van der Waals surface area contributed by atoms with Gasteiger partial charge in [0.25, 0.3) is 0 Å². The average Bonchev–Trinajstić information content (AvgIpc) is 3.13. The molecule has 1 heterocycles. The predicted molar refractivity (Wildman–Crippen MR) is 106 cm³/mol. The molecule has 0 aliphatic carbocycles. The van der Waals surface area contributed by atoms with Gasteiger partial charge in [0.1, 0.15) is 11.5 Å². The van der Waals surface area contributed by atoms with Crippen LogP contribution in [0.4, 0.5) is 0 Å². The fourth-order valence-corrected chi connectivity index (χ4v) is 3.04. The van der Waals surface area contributed by atoms with E-state index in [1.807, 2.05) is 64.1 Å². The highest BCUT2D eigenvalue weighted by Gasteiger charge is 2.14. The minimum Gasteiger partial charge on any atom is -0.494 e. The van der Waals surface area contributed by atoms with E-state index in [-0.39, 0.29) is 12.4 Å². The second-order valence-corrected chi connectivity index (χ2v) is 6.67. The van der Waals surface area contributed by atoms with E-state index in [2.05, 4.69) is 10.1 Å². The van der Waals surface area contributed by atoms with Crippen LogP contribution in [0.15, 0.2) is 40.9 Å². The van der Waals surface area contributed by atoms with Crippen LogP contribution in [-0.2, 0) is 11.2 Å². The Balaban J connectivity index is 1.59. The zero-order valence-corrected chi connectivity index (χ0v) is 16.6. The Morgan fingerprint density at radius 3 is 2.39 bits per heavy atom. The molecule has 146 valence electrons. The highest BCUT2D eigenvalue weighted by molar-refractivity contribution is 5.73. The molecule has 0 spiro atoms. The molecule has 0 atom stereocenters. The molecular weight excluding hydrogens is 356 g/mol. The van der Waals surface area contributed by atoms with Gasteiger partial charge in [-0.3, -0.25) is 4.79 Å². The van der Waals surface area contributed by atoms with Crippen LogP contribution < -0.4 is 9.47 Å². The lowest BCUT2D eigenvalue weighted by molar-refractivity contribution is -0.134. The quantitative estimate of drug-likeness (QED) is 0.440. The molecule has 0 saturated carbocycles. The van der Waals surface area contributed by atoms with Gasteiger partial charge >= 0.3 is 5.97 Å². The Hall–Kier alpha value is -3.15. The first-order valence-corrected chi connectivity index (χ1v) is 9.30. The molecule has 0 bridgehead atoms. The van der Waals surface area contributed by atoms with Crippen LogP contribution in [0.25, 0.3) is 11.4 Å². The van der Waals surface area contributed by atoms with Crippen molar-refractivity contribution in [1.82, 2.24) is 10.1 Å². The first kappa shape index (κ1) is 19.6. The molecule has 0 N–H and O–H groups in total. The number of rotatable bonds is 7. The molecular formula is C22H24N2O4. The third-order valence-corrected chi connectivity index (χ3v) is 4.26. The van der Waals surface area contributed by atoms with E-state index >= 15 is 0 Å². The van der Waals surface area contributed by atoms with Crippen LogP contribution in [0.2, 0.25) is 0 Å². The van der Waals surface area contributed by atoms with Crippen LogP contribution in [0.3, 0.4) is 0 Å². The lowest BCUT2D eigenvalue weighted by Crippen LogP contribution is -2.11. The van der Waals surface area contributed by atoms with Gasteiger partial charge in [0.05, 0.1) is 13.0 Å². The van der Waals surface area contributed by atoms with Gasteiger partial charge in [-0.05, 0) is 63.1 Å². The summed E-state index contributed by atoms with van der Waals surface area (Å²) in [5, 5.41) is 3.98. The lowest BCUT2D eigenvalue weighted by atomic mass is 10.1. The van der Waals surface area contributed by atoms with Gasteiger partial charge in [-0.25, -0.2) is 0 Å². The molecule has 6 nitrogen and oxygen atoms in total. The molecule has 3 rings (SSSR count). The highest BCUT2D eigenvalue weighted by atomic mass is 16.5. The maximum Gasteiger partial charge on any atom is 0.311 e. The summed E-state index contributed by atoms with van der Waals surface area (Å²) < 4.78 is 16.2. The number of aromatic nitrogens is 2. The number of hydrogen-bond donors (Lipinski definition) is 0. The monoisotopic (exact) mass is 380 g/mol. The van der Waals surface area contributed by atoms with Crippen molar-refractivity contribution in [1.29, 1.82) is 0 Å². The number of esters is 1. The molecule has 0 radical (unpaired) electrons. The van der Waals surface area contributed by atoms with Crippen LogP contribution in [0.5, 0.6) is 11.5 Å². The summed E-state index contributed by atoms with van der Waals surface area (Å²) in [5.41, 5.74) is 3.86. The van der Waals surface area contributed by atoms with E-state index in [1.54, 1.807) is 0 Å². The molecule has 2 aromatic carbocycles. The summed E-state index contributed by atoms with van der Waals surface area (Å²) in [4.78, 5) is 16.6. The molecule has 6 heteroatoms. The zero-order chi connectivity index (χ0) is 20.1. The van der Waals surface area contributed by atoms with E-state index < -0.39 is 0 Å². The van der Waals surface area contributed by atoms with Crippen LogP contribution in [-0.4, -0.2) is 22.7 Å². The SMILES string of the molecule is CCOc1ccc(-c2noc(CCC(=O)Oc3c(C)cc(C)cc3C)n2)cc1. The number of nitrogens with zero attached hydrogens (tertiary/aromatic N) is 2. The highest BCUT2D eigenvalue weighted by Crippen LogP contribution is 2.25. The molecule has 28 heavy (non-hydrogen) atoms. The smallest absolute Gasteiger partial charge is 0.311 e. The Kier molecular flexibility index (Phi) is 6.09. The molecule has 0 fully saturated rings. The summed E-state index contributed by atoms with van der Waals surface area (Å²) in [6, 6.07) is 11.5. The largest absolute Gasteiger partial charge is 0.494 e. The van der Waals surface area contributed by atoms with E-state index in [1.165, 1.54) is 0 Å². The number of hydrogen-bond acceptors (Lipinski definition) is 6. The van der Waals surface area contributed by atoms with Crippen LogP contribution >= 0.6 is 0 Å². The maximum absolute atomic E-state index is 12.2. The van der Waals surface area contributed by atoms with Crippen molar-refractivity contribution >= 4 is 5.97 Å². The predicted octanol–water partition coefficient (Wildman–Crippen LogP) is 4.60. The molecule has 0 unspecified atom stereocenters. The average molecular weight is 380 g/mol. The summed E-state index contributed by atoms with van der Waals surface area (Å²) in [7, 11) is 0. The fraction of sp³-hybridized carbons (Fsp3) is 0.318. The number of carbonyl (C=O) groups excluding carboxylic acids is 1. The van der Waals surface area contributed by atoms with Crippen molar-refractivity contribution in [2.75, 3.05) is 6.61 Å². The molecule has 0 aliphatic rings. The second kappa shape index (κ2) is 8.69. The standard InChI is InChI=1S/C22H24N2O4/c1-5-26-18-8-6-17(7-9-18)22-23-19(28-24-22)10-11-20(25)27-21-15(3)12-14(2)13-16(21)4/h6-9,12-13H,5,10-11H2,1-4H3. The van der Waals surface area contributed by atoms with Crippen molar-refractivity contribution in [3.8, 4) is 22.9 Å². The van der Waals surface area contributed by atoms with Gasteiger partial charge in [0, 0.05) is 12.0 Å². The summed E-state index contributed by atoms with van der Waals surface area (Å²) >= 11 is 0. The van der Waals surface area contributed by atoms with E-state index in [4.69, 9.17) is 14.0 Å². The Labute approximate surface area is 164 Å². The van der Waals surface area contributed by atoms with Gasteiger partial charge < -0.3 is 14.0 Å². The van der Waals surface area contributed by atoms with Crippen molar-refractivity contribution in [2.45, 2.75) is 40.5 Å². The molecule has 3 aromatic rings. The summed E-state index contributed by atoms with van der Waals surface area (Å²) in [6.45, 7) is 8.44. The van der Waals surface area contributed by atoms with Crippen LogP contribution in [0, 0.1) is 20.8 Å². The molecule has 1 aromatic heterocycles. The normalized spacial score (nSPS) is 10.7. The third kappa shape index (κ3) is 4.76. The second-order valence-electron chi connectivity index (χ2n) is 6.67. The van der Waals surface area contributed by atoms with Gasteiger partial charge in [-0.15, -0.1) is 0 Å². The van der Waals surface area contributed by atoms with E-state index in [9.17, 15) is 4.79 Å². The zero-order valence-electron chi connectivity index (χ0n) is 16.6. The lowest BCUT2D eigenvalue weighted by Gasteiger charge is -2.11. The van der Waals surface area contributed by atoms with Gasteiger partial charge in [-0.2, -0.15) is 4.98 Å². The van der Waals surface area contributed by atoms with Crippen LogP contribution in [0.1, 0.15) is 35.9 Å². The van der Waals surface area contributed by atoms with Gasteiger partial charge in [0.2, 0.25) is 11.7 Å². The van der Waals surface area contributed by atoms with Crippen molar-refractivity contribution < 1.29 is 18.8 Å². The topological polar surface area (TPSA) is 74.5 Å². The first-order valence-electron chi connectivity index (χ1n) is 9.30. The van der Waals surface area contributed by atoms with Gasteiger partial charge in [0.15, 0.2) is 0 Å². The minimum atomic E-state index is -0.323. The van der Waals surface area contributed by atoms with Crippen molar-refractivity contribution in [3.63, 3.8) is 0 Å². The summed E-state index contributed by atoms with van der Waals surface area (Å²) in [5.74, 6) is 1.97. The van der Waals surface area contributed by atoms with E-state index in [0.29, 0.717) is 30.5 Å². The summed E-state index contributed by atoms with van der Waals surface area (Å²) in [6.07, 6.45) is 0.491.